The second-order valence-electron chi connectivity index (χ2n) is 3.74. The van der Waals surface area contributed by atoms with Crippen LogP contribution in [-0.2, 0) is 0 Å². The Hall–Kier alpha value is -2.24. The Morgan fingerprint density at radius 2 is 1.88 bits per heavy atom. The summed E-state index contributed by atoms with van der Waals surface area (Å²) in [6, 6.07) is 1.72. The quantitative estimate of drug-likeness (QED) is 0.856. The summed E-state index contributed by atoms with van der Waals surface area (Å²) in [4.78, 5) is 16.0. The van der Waals surface area contributed by atoms with Crippen molar-refractivity contribution in [1.82, 2.24) is 19.9 Å². The summed E-state index contributed by atoms with van der Waals surface area (Å²) in [6.45, 7) is 3.84. The number of hydrogen-bond acceptors (Lipinski definition) is 6. The maximum atomic E-state index is 5.63. The molecule has 0 aliphatic rings. The van der Waals surface area contributed by atoms with E-state index in [2.05, 4.69) is 19.9 Å². The normalized spacial score (nSPS) is 10.5. The maximum Gasteiger partial charge on any atom is 0.223 e. The minimum atomic E-state index is 0.0316. The van der Waals surface area contributed by atoms with E-state index in [1.807, 2.05) is 13.8 Å². The monoisotopic (exact) mass is 231 g/mol. The van der Waals surface area contributed by atoms with Crippen molar-refractivity contribution in [2.45, 2.75) is 20.0 Å². The van der Waals surface area contributed by atoms with Gasteiger partial charge in [-0.15, -0.1) is 0 Å². The Kier molecular flexibility index (Phi) is 3.13. The van der Waals surface area contributed by atoms with Crippen molar-refractivity contribution in [3.05, 3.63) is 24.8 Å². The van der Waals surface area contributed by atoms with E-state index in [1.165, 1.54) is 6.33 Å². The first-order chi connectivity index (χ1) is 8.15. The average molecular weight is 231 g/mol. The fourth-order valence-electron chi connectivity index (χ4n) is 1.32. The van der Waals surface area contributed by atoms with E-state index >= 15 is 0 Å². The van der Waals surface area contributed by atoms with Gasteiger partial charge in [-0.05, 0) is 13.8 Å². The molecule has 17 heavy (non-hydrogen) atoms. The van der Waals surface area contributed by atoms with Crippen molar-refractivity contribution in [3.8, 4) is 17.1 Å². The van der Waals surface area contributed by atoms with Crippen molar-refractivity contribution in [3.63, 3.8) is 0 Å². The molecule has 6 nitrogen and oxygen atoms in total. The lowest BCUT2D eigenvalue weighted by atomic mass is 10.2. The highest BCUT2D eigenvalue weighted by Gasteiger charge is 2.07. The summed E-state index contributed by atoms with van der Waals surface area (Å²) >= 11 is 0. The zero-order chi connectivity index (χ0) is 12.3. The fourth-order valence-corrected chi connectivity index (χ4v) is 1.32. The Balaban J connectivity index is 2.38. The molecule has 2 N–H and O–H groups in total. The molecule has 0 atom stereocenters. The van der Waals surface area contributed by atoms with Crippen LogP contribution in [-0.4, -0.2) is 26.0 Å². The topological polar surface area (TPSA) is 86.8 Å². The van der Waals surface area contributed by atoms with Crippen LogP contribution in [0.25, 0.3) is 11.3 Å². The molecule has 6 heteroatoms. The zero-order valence-electron chi connectivity index (χ0n) is 9.66. The first-order valence-electron chi connectivity index (χ1n) is 5.22. The van der Waals surface area contributed by atoms with Crippen LogP contribution in [0, 0.1) is 0 Å². The molecule has 0 bridgehead atoms. The van der Waals surface area contributed by atoms with Crippen molar-refractivity contribution >= 4 is 5.95 Å². The summed E-state index contributed by atoms with van der Waals surface area (Å²) in [5, 5.41) is 0. The average Bonchev–Trinajstić information content (AvgIpc) is 2.28. The van der Waals surface area contributed by atoms with Crippen LogP contribution in [0.1, 0.15) is 13.8 Å². The lowest BCUT2D eigenvalue weighted by molar-refractivity contribution is 0.233. The van der Waals surface area contributed by atoms with Crippen LogP contribution in [0.4, 0.5) is 5.95 Å². The van der Waals surface area contributed by atoms with E-state index in [0.29, 0.717) is 11.6 Å². The molecule has 0 saturated heterocycles. The number of rotatable bonds is 3. The molecule has 0 amide bonds. The molecule has 2 rings (SSSR count). The highest BCUT2D eigenvalue weighted by Crippen LogP contribution is 2.20. The first-order valence-corrected chi connectivity index (χ1v) is 5.22. The van der Waals surface area contributed by atoms with Crippen LogP contribution in [0.15, 0.2) is 24.8 Å². The third-order valence-electron chi connectivity index (χ3n) is 1.93. The van der Waals surface area contributed by atoms with E-state index in [0.717, 1.165) is 5.56 Å². The van der Waals surface area contributed by atoms with Gasteiger partial charge in [-0.2, -0.15) is 4.98 Å². The molecule has 2 aromatic heterocycles. The molecule has 0 aliphatic heterocycles. The van der Waals surface area contributed by atoms with Crippen LogP contribution in [0.3, 0.4) is 0 Å². The molecule has 0 saturated carbocycles. The predicted molar refractivity (Wildman–Crippen MR) is 63.2 cm³/mol. The largest absolute Gasteiger partial charge is 0.475 e. The van der Waals surface area contributed by atoms with Crippen molar-refractivity contribution in [2.75, 3.05) is 5.73 Å². The molecular formula is C11H13N5O. The lowest BCUT2D eigenvalue weighted by Crippen LogP contribution is -2.08. The highest BCUT2D eigenvalue weighted by atomic mass is 16.5. The standard InChI is InChI=1S/C11H13N5O/c1-7(2)17-10-3-9(15-11(12)16-10)8-4-13-6-14-5-8/h3-7H,1-2H3,(H2,12,15,16). The van der Waals surface area contributed by atoms with E-state index in [9.17, 15) is 0 Å². The van der Waals surface area contributed by atoms with E-state index in [1.54, 1.807) is 18.5 Å². The number of nitrogen functional groups attached to an aromatic ring is 1. The van der Waals surface area contributed by atoms with Gasteiger partial charge in [-0.3, -0.25) is 0 Å². The third kappa shape index (κ3) is 2.87. The number of nitrogens with two attached hydrogens (primary N) is 1. The smallest absolute Gasteiger partial charge is 0.223 e. The van der Waals surface area contributed by atoms with Crippen LogP contribution >= 0.6 is 0 Å². The third-order valence-corrected chi connectivity index (χ3v) is 1.93. The molecule has 0 spiro atoms. The van der Waals surface area contributed by atoms with E-state index < -0.39 is 0 Å². The van der Waals surface area contributed by atoms with Gasteiger partial charge in [-0.25, -0.2) is 15.0 Å². The van der Waals surface area contributed by atoms with Gasteiger partial charge in [0.1, 0.15) is 6.33 Å². The first kappa shape index (κ1) is 11.3. The maximum absolute atomic E-state index is 5.63. The zero-order valence-corrected chi connectivity index (χ0v) is 9.66. The van der Waals surface area contributed by atoms with E-state index in [4.69, 9.17) is 10.5 Å². The van der Waals surface area contributed by atoms with Gasteiger partial charge in [0.05, 0.1) is 11.8 Å². The molecule has 0 aromatic carbocycles. The lowest BCUT2D eigenvalue weighted by Gasteiger charge is -2.10. The highest BCUT2D eigenvalue weighted by molar-refractivity contribution is 5.59. The number of anilines is 1. The Morgan fingerprint density at radius 3 is 2.53 bits per heavy atom. The number of aromatic nitrogens is 4. The van der Waals surface area contributed by atoms with Gasteiger partial charge >= 0.3 is 0 Å². The Morgan fingerprint density at radius 1 is 1.18 bits per heavy atom. The molecule has 2 heterocycles. The molecular weight excluding hydrogens is 218 g/mol. The number of hydrogen-bond donors (Lipinski definition) is 1. The molecule has 0 fully saturated rings. The van der Waals surface area contributed by atoms with Gasteiger partial charge in [0, 0.05) is 24.0 Å². The van der Waals surface area contributed by atoms with Gasteiger partial charge in [0.15, 0.2) is 0 Å². The Labute approximate surface area is 98.9 Å². The minimum absolute atomic E-state index is 0.0316. The summed E-state index contributed by atoms with van der Waals surface area (Å²) in [5.41, 5.74) is 7.05. The van der Waals surface area contributed by atoms with Gasteiger partial charge in [0.2, 0.25) is 11.8 Å². The molecule has 2 aromatic rings. The molecule has 0 unspecified atom stereocenters. The minimum Gasteiger partial charge on any atom is -0.475 e. The number of ether oxygens (including phenoxy) is 1. The fraction of sp³-hybridized carbons (Fsp3) is 0.273. The SMILES string of the molecule is CC(C)Oc1cc(-c2cncnc2)nc(N)n1. The predicted octanol–water partition coefficient (Wildman–Crippen LogP) is 1.30. The van der Waals surface area contributed by atoms with Crippen LogP contribution in [0.2, 0.25) is 0 Å². The van der Waals surface area contributed by atoms with Gasteiger partial charge < -0.3 is 10.5 Å². The number of nitrogens with zero attached hydrogens (tertiary/aromatic N) is 4. The van der Waals surface area contributed by atoms with Gasteiger partial charge in [0.25, 0.3) is 0 Å². The molecule has 88 valence electrons. The second-order valence-corrected chi connectivity index (χ2v) is 3.74. The van der Waals surface area contributed by atoms with Crippen LogP contribution < -0.4 is 10.5 Å². The van der Waals surface area contributed by atoms with Crippen LogP contribution in [0.5, 0.6) is 5.88 Å². The van der Waals surface area contributed by atoms with Crippen molar-refractivity contribution < 1.29 is 4.74 Å². The van der Waals surface area contributed by atoms with Crippen molar-refractivity contribution in [2.24, 2.45) is 0 Å². The van der Waals surface area contributed by atoms with Crippen molar-refractivity contribution in [1.29, 1.82) is 0 Å². The second kappa shape index (κ2) is 4.73. The Bertz CT molecular complexity index is 500. The molecule has 0 aliphatic carbocycles. The van der Waals surface area contributed by atoms with Gasteiger partial charge in [-0.1, -0.05) is 0 Å². The van der Waals surface area contributed by atoms with E-state index in [-0.39, 0.29) is 12.1 Å². The summed E-state index contributed by atoms with van der Waals surface area (Å²) < 4.78 is 5.49. The summed E-state index contributed by atoms with van der Waals surface area (Å²) in [6.07, 6.45) is 4.81. The summed E-state index contributed by atoms with van der Waals surface area (Å²) in [7, 11) is 0. The molecule has 0 radical (unpaired) electrons. The summed E-state index contributed by atoms with van der Waals surface area (Å²) in [5.74, 6) is 0.619.